The molecule has 0 spiro atoms. The molecule has 1 aromatic carbocycles. The number of aryl methyl sites for hydroxylation is 1. The van der Waals surface area contributed by atoms with Crippen molar-refractivity contribution in [2.45, 2.75) is 19.0 Å². The SMILES string of the molecule is CCOC(=O)c1c(C)nc(S(=O)(=O)O)nc1-c1ccccc1. The molecule has 22 heavy (non-hydrogen) atoms. The molecule has 0 atom stereocenters. The second kappa shape index (κ2) is 6.20. The predicted octanol–water partition coefficient (Wildman–Crippen LogP) is 1.88. The lowest BCUT2D eigenvalue weighted by molar-refractivity contribution is 0.0525. The number of aromatic nitrogens is 2. The van der Waals surface area contributed by atoms with Crippen molar-refractivity contribution < 1.29 is 22.5 Å². The van der Waals surface area contributed by atoms with Gasteiger partial charge in [-0.25, -0.2) is 14.8 Å². The van der Waals surface area contributed by atoms with Gasteiger partial charge in [-0.2, -0.15) is 8.42 Å². The zero-order valence-corrected chi connectivity index (χ0v) is 12.8. The number of hydrogen-bond acceptors (Lipinski definition) is 6. The van der Waals surface area contributed by atoms with Crippen LogP contribution in [-0.4, -0.2) is 35.5 Å². The van der Waals surface area contributed by atoms with Crippen LogP contribution >= 0.6 is 0 Å². The molecule has 116 valence electrons. The fourth-order valence-electron chi connectivity index (χ4n) is 1.92. The number of rotatable bonds is 4. The average molecular weight is 322 g/mol. The largest absolute Gasteiger partial charge is 0.462 e. The van der Waals surface area contributed by atoms with E-state index in [1.54, 1.807) is 37.3 Å². The minimum atomic E-state index is -4.58. The summed E-state index contributed by atoms with van der Waals surface area (Å²) < 4.78 is 36.7. The second-order valence-electron chi connectivity index (χ2n) is 4.38. The monoisotopic (exact) mass is 322 g/mol. The fourth-order valence-corrected chi connectivity index (χ4v) is 2.37. The number of carbonyl (C=O) groups excluding carboxylic acids is 1. The van der Waals surface area contributed by atoms with Gasteiger partial charge in [-0.1, -0.05) is 30.3 Å². The summed E-state index contributed by atoms with van der Waals surface area (Å²) in [5, 5.41) is -0.753. The molecule has 0 aliphatic rings. The van der Waals surface area contributed by atoms with Crippen LogP contribution < -0.4 is 0 Å². The van der Waals surface area contributed by atoms with Gasteiger partial charge in [-0.05, 0) is 13.8 Å². The second-order valence-corrected chi connectivity index (χ2v) is 5.69. The molecule has 1 heterocycles. The first kappa shape index (κ1) is 16.1. The van der Waals surface area contributed by atoms with Crippen LogP contribution in [0.5, 0.6) is 0 Å². The van der Waals surface area contributed by atoms with Gasteiger partial charge in [0, 0.05) is 5.56 Å². The third kappa shape index (κ3) is 3.29. The normalized spacial score (nSPS) is 11.2. The molecule has 2 rings (SSSR count). The summed E-state index contributed by atoms with van der Waals surface area (Å²) in [6.45, 7) is 3.27. The van der Waals surface area contributed by atoms with Crippen LogP contribution in [0, 0.1) is 6.92 Å². The summed E-state index contributed by atoms with van der Waals surface area (Å²) in [6.07, 6.45) is 0. The number of hydrogen-bond donors (Lipinski definition) is 1. The first-order valence-electron chi connectivity index (χ1n) is 6.43. The van der Waals surface area contributed by atoms with Crippen molar-refractivity contribution in [3.63, 3.8) is 0 Å². The Morgan fingerprint density at radius 3 is 2.41 bits per heavy atom. The van der Waals surface area contributed by atoms with Crippen LogP contribution in [0.4, 0.5) is 0 Å². The number of ether oxygens (including phenoxy) is 1. The summed E-state index contributed by atoms with van der Waals surface area (Å²) >= 11 is 0. The van der Waals surface area contributed by atoms with Crippen molar-refractivity contribution in [1.82, 2.24) is 9.97 Å². The summed E-state index contributed by atoms with van der Waals surface area (Å²) in [5.74, 6) is -0.652. The van der Waals surface area contributed by atoms with Crippen LogP contribution in [0.15, 0.2) is 35.5 Å². The third-order valence-electron chi connectivity index (χ3n) is 2.83. The lowest BCUT2D eigenvalue weighted by atomic mass is 10.0. The van der Waals surface area contributed by atoms with Crippen molar-refractivity contribution in [2.75, 3.05) is 6.61 Å². The Morgan fingerprint density at radius 1 is 1.23 bits per heavy atom. The number of carbonyl (C=O) groups is 1. The Bertz CT molecular complexity index is 803. The van der Waals surface area contributed by atoms with Gasteiger partial charge in [-0.3, -0.25) is 4.55 Å². The predicted molar refractivity (Wildman–Crippen MR) is 78.0 cm³/mol. The molecule has 0 saturated carbocycles. The van der Waals surface area contributed by atoms with Gasteiger partial charge in [0.15, 0.2) is 0 Å². The van der Waals surface area contributed by atoms with E-state index in [4.69, 9.17) is 9.29 Å². The van der Waals surface area contributed by atoms with E-state index in [0.29, 0.717) is 5.56 Å². The molecular weight excluding hydrogens is 308 g/mol. The highest BCUT2D eigenvalue weighted by Gasteiger charge is 2.24. The van der Waals surface area contributed by atoms with E-state index >= 15 is 0 Å². The molecule has 0 aliphatic carbocycles. The van der Waals surface area contributed by atoms with Crippen molar-refractivity contribution in [2.24, 2.45) is 0 Å². The van der Waals surface area contributed by atoms with E-state index in [9.17, 15) is 13.2 Å². The van der Waals surface area contributed by atoms with Crippen molar-refractivity contribution in [3.8, 4) is 11.3 Å². The summed E-state index contributed by atoms with van der Waals surface area (Å²) in [4.78, 5) is 19.6. The molecule has 0 unspecified atom stereocenters. The van der Waals surface area contributed by atoms with Gasteiger partial charge in [-0.15, -0.1) is 0 Å². The smallest absolute Gasteiger partial charge is 0.342 e. The minimum Gasteiger partial charge on any atom is -0.462 e. The molecule has 0 fully saturated rings. The standard InChI is InChI=1S/C14H14N2O5S/c1-3-21-13(17)11-9(2)15-14(22(18,19)20)16-12(11)10-7-5-4-6-8-10/h4-8H,3H2,1-2H3,(H,18,19,20). The molecule has 7 nitrogen and oxygen atoms in total. The lowest BCUT2D eigenvalue weighted by Crippen LogP contribution is -2.15. The van der Waals surface area contributed by atoms with Gasteiger partial charge < -0.3 is 4.74 Å². The Kier molecular flexibility index (Phi) is 4.53. The third-order valence-corrected chi connectivity index (χ3v) is 3.47. The first-order chi connectivity index (χ1) is 10.3. The number of benzene rings is 1. The number of esters is 1. The molecule has 1 N–H and O–H groups in total. The van der Waals surface area contributed by atoms with Crippen molar-refractivity contribution in [1.29, 1.82) is 0 Å². The Hall–Kier alpha value is -2.32. The van der Waals surface area contributed by atoms with E-state index in [1.807, 2.05) is 0 Å². The maximum atomic E-state index is 12.1. The maximum Gasteiger partial charge on any atom is 0.342 e. The molecule has 0 aliphatic heterocycles. The van der Waals surface area contributed by atoms with Gasteiger partial charge in [0.2, 0.25) is 0 Å². The van der Waals surface area contributed by atoms with E-state index < -0.39 is 21.2 Å². The van der Waals surface area contributed by atoms with E-state index in [-0.39, 0.29) is 23.6 Å². The lowest BCUT2D eigenvalue weighted by Gasteiger charge is -2.11. The highest BCUT2D eigenvalue weighted by atomic mass is 32.2. The van der Waals surface area contributed by atoms with Gasteiger partial charge >= 0.3 is 16.1 Å². The zero-order valence-electron chi connectivity index (χ0n) is 12.0. The quantitative estimate of drug-likeness (QED) is 0.520. The van der Waals surface area contributed by atoms with Crippen LogP contribution in [0.3, 0.4) is 0 Å². The zero-order chi connectivity index (χ0) is 16.3. The van der Waals surface area contributed by atoms with Crippen molar-refractivity contribution >= 4 is 16.1 Å². The fraction of sp³-hybridized carbons (Fsp3) is 0.214. The first-order valence-corrected chi connectivity index (χ1v) is 7.87. The van der Waals surface area contributed by atoms with Crippen LogP contribution in [0.2, 0.25) is 0 Å². The van der Waals surface area contributed by atoms with Crippen LogP contribution in [0.1, 0.15) is 23.0 Å². The molecule has 8 heteroatoms. The highest BCUT2D eigenvalue weighted by Crippen LogP contribution is 2.25. The number of nitrogens with zero attached hydrogens (tertiary/aromatic N) is 2. The van der Waals surface area contributed by atoms with E-state index in [0.717, 1.165) is 0 Å². The van der Waals surface area contributed by atoms with Crippen LogP contribution in [-0.2, 0) is 14.9 Å². The topological polar surface area (TPSA) is 106 Å². The molecule has 0 bridgehead atoms. The molecule has 1 aromatic heterocycles. The highest BCUT2D eigenvalue weighted by molar-refractivity contribution is 7.85. The summed E-state index contributed by atoms with van der Waals surface area (Å²) in [6, 6.07) is 8.53. The van der Waals surface area contributed by atoms with Gasteiger partial charge in [0.25, 0.3) is 5.16 Å². The molecular formula is C14H14N2O5S. The summed E-state index contributed by atoms with van der Waals surface area (Å²) in [7, 11) is -4.58. The minimum absolute atomic E-state index is 0.0699. The van der Waals surface area contributed by atoms with Gasteiger partial charge in [0.1, 0.15) is 5.56 Å². The van der Waals surface area contributed by atoms with Crippen molar-refractivity contribution in [3.05, 3.63) is 41.6 Å². The van der Waals surface area contributed by atoms with E-state index in [2.05, 4.69) is 9.97 Å². The summed E-state index contributed by atoms with van der Waals surface area (Å²) in [5.41, 5.74) is 0.792. The van der Waals surface area contributed by atoms with Gasteiger partial charge in [0.05, 0.1) is 18.0 Å². The maximum absolute atomic E-state index is 12.1. The van der Waals surface area contributed by atoms with Crippen LogP contribution in [0.25, 0.3) is 11.3 Å². The Balaban J connectivity index is 2.75. The Labute approximate surface area is 127 Å². The molecule has 2 aromatic rings. The average Bonchev–Trinajstić information content (AvgIpc) is 2.46. The molecule has 0 radical (unpaired) electrons. The Morgan fingerprint density at radius 2 is 1.86 bits per heavy atom. The molecule has 0 amide bonds. The van der Waals surface area contributed by atoms with E-state index in [1.165, 1.54) is 6.92 Å². The molecule has 0 saturated heterocycles.